The number of fused-ring (bicyclic) bond motifs is 1. The molecule has 0 unspecified atom stereocenters. The number of benzene rings is 3. The van der Waals surface area contributed by atoms with E-state index in [1.54, 1.807) is 4.80 Å². The van der Waals surface area contributed by atoms with Crippen molar-refractivity contribution in [2.24, 2.45) is 0 Å². The Kier molecular flexibility index (Phi) is 3.48. The smallest absolute Gasteiger partial charge is 0.166 e. The number of aromatic nitrogens is 3. The van der Waals surface area contributed by atoms with Gasteiger partial charge in [-0.3, -0.25) is 0 Å². The fourth-order valence-corrected chi connectivity index (χ4v) is 2.59. The molecule has 23 heavy (non-hydrogen) atoms. The molecule has 0 aliphatic carbocycles. The standard InChI is InChI=1S/C19H16N4/c1-3-9-15(10-4-1)19(20-16-11-5-2-6-12-16)23-21-17-13-7-8-14-18(17)22-23/h1-14,19-20H/t19-/m0/s1. The number of para-hydroxylation sites is 1. The highest BCUT2D eigenvalue weighted by molar-refractivity contribution is 5.73. The Morgan fingerprint density at radius 3 is 1.78 bits per heavy atom. The number of anilines is 1. The van der Waals surface area contributed by atoms with Gasteiger partial charge in [0.25, 0.3) is 0 Å². The molecule has 4 rings (SSSR count). The van der Waals surface area contributed by atoms with E-state index in [4.69, 9.17) is 0 Å². The third-order valence-corrected chi connectivity index (χ3v) is 3.73. The third-order valence-electron chi connectivity index (χ3n) is 3.73. The highest BCUT2D eigenvalue weighted by Crippen LogP contribution is 2.21. The van der Waals surface area contributed by atoms with Gasteiger partial charge >= 0.3 is 0 Å². The van der Waals surface area contributed by atoms with E-state index in [-0.39, 0.29) is 6.17 Å². The molecule has 0 aliphatic heterocycles. The van der Waals surface area contributed by atoms with Crippen LogP contribution in [-0.4, -0.2) is 15.0 Å². The molecule has 0 saturated carbocycles. The van der Waals surface area contributed by atoms with Gasteiger partial charge in [0.05, 0.1) is 0 Å². The van der Waals surface area contributed by atoms with Crippen LogP contribution < -0.4 is 5.32 Å². The number of nitrogens with one attached hydrogen (secondary N) is 1. The summed E-state index contributed by atoms with van der Waals surface area (Å²) >= 11 is 0. The first-order valence-corrected chi connectivity index (χ1v) is 7.58. The number of rotatable bonds is 4. The molecule has 4 heteroatoms. The molecule has 0 amide bonds. The largest absolute Gasteiger partial charge is 0.359 e. The highest BCUT2D eigenvalue weighted by Gasteiger charge is 2.16. The lowest BCUT2D eigenvalue weighted by Crippen LogP contribution is -2.22. The van der Waals surface area contributed by atoms with Crippen LogP contribution in [-0.2, 0) is 0 Å². The second-order valence-corrected chi connectivity index (χ2v) is 5.33. The lowest BCUT2D eigenvalue weighted by molar-refractivity contribution is 0.510. The lowest BCUT2D eigenvalue weighted by atomic mass is 10.1. The molecule has 4 aromatic rings. The zero-order valence-corrected chi connectivity index (χ0v) is 12.5. The molecule has 1 N–H and O–H groups in total. The maximum Gasteiger partial charge on any atom is 0.166 e. The molecule has 0 radical (unpaired) electrons. The predicted octanol–water partition coefficient (Wildman–Crippen LogP) is 4.09. The van der Waals surface area contributed by atoms with Gasteiger partial charge in [0.15, 0.2) is 6.17 Å². The second kappa shape index (κ2) is 5.93. The summed E-state index contributed by atoms with van der Waals surface area (Å²) in [5, 5.41) is 12.8. The predicted molar refractivity (Wildman–Crippen MR) is 92.2 cm³/mol. The van der Waals surface area contributed by atoms with Crippen LogP contribution in [0.25, 0.3) is 11.0 Å². The summed E-state index contributed by atoms with van der Waals surface area (Å²) in [5.41, 5.74) is 3.92. The molecular weight excluding hydrogens is 284 g/mol. The van der Waals surface area contributed by atoms with Gasteiger partial charge in [0.1, 0.15) is 11.0 Å². The quantitative estimate of drug-likeness (QED) is 0.617. The van der Waals surface area contributed by atoms with Crippen molar-refractivity contribution in [2.75, 3.05) is 5.32 Å². The fraction of sp³-hybridized carbons (Fsp3) is 0.0526. The first-order valence-electron chi connectivity index (χ1n) is 7.58. The Bertz CT molecular complexity index is 867. The molecule has 0 fully saturated rings. The molecule has 0 aliphatic rings. The third kappa shape index (κ3) is 2.79. The fourth-order valence-electron chi connectivity index (χ4n) is 2.59. The molecule has 0 bridgehead atoms. The molecule has 1 atom stereocenters. The van der Waals surface area contributed by atoms with E-state index in [2.05, 4.69) is 27.6 Å². The van der Waals surface area contributed by atoms with Gasteiger partial charge in [0, 0.05) is 5.69 Å². The van der Waals surface area contributed by atoms with Crippen molar-refractivity contribution < 1.29 is 0 Å². The highest BCUT2D eigenvalue weighted by atomic mass is 15.5. The van der Waals surface area contributed by atoms with Crippen LogP contribution in [0, 0.1) is 0 Å². The first-order chi connectivity index (χ1) is 11.4. The van der Waals surface area contributed by atoms with Gasteiger partial charge in [0.2, 0.25) is 0 Å². The molecule has 0 saturated heterocycles. The van der Waals surface area contributed by atoms with E-state index in [1.807, 2.05) is 72.8 Å². The summed E-state index contributed by atoms with van der Waals surface area (Å²) in [6.07, 6.45) is -0.161. The zero-order valence-electron chi connectivity index (χ0n) is 12.5. The van der Waals surface area contributed by atoms with Crippen molar-refractivity contribution in [3.8, 4) is 0 Å². The Balaban J connectivity index is 1.78. The lowest BCUT2D eigenvalue weighted by Gasteiger charge is -2.19. The first kappa shape index (κ1) is 13.5. The summed E-state index contributed by atoms with van der Waals surface area (Å²) in [6.45, 7) is 0. The van der Waals surface area contributed by atoms with Gasteiger partial charge in [-0.15, -0.1) is 0 Å². The summed E-state index contributed by atoms with van der Waals surface area (Å²) in [4.78, 5) is 1.74. The number of nitrogens with zero attached hydrogens (tertiary/aromatic N) is 3. The molecule has 4 nitrogen and oxygen atoms in total. The number of hydrogen-bond acceptors (Lipinski definition) is 3. The summed E-state index contributed by atoms with van der Waals surface area (Å²) < 4.78 is 0. The summed E-state index contributed by atoms with van der Waals surface area (Å²) in [6, 6.07) is 28.2. The van der Waals surface area contributed by atoms with Crippen LogP contribution >= 0.6 is 0 Å². The van der Waals surface area contributed by atoms with Gasteiger partial charge < -0.3 is 5.32 Å². The van der Waals surface area contributed by atoms with E-state index in [9.17, 15) is 0 Å². The van der Waals surface area contributed by atoms with Crippen molar-refractivity contribution >= 4 is 16.7 Å². The zero-order chi connectivity index (χ0) is 15.5. The van der Waals surface area contributed by atoms with Crippen LogP contribution in [0.4, 0.5) is 5.69 Å². The molecule has 112 valence electrons. The average Bonchev–Trinajstić information content (AvgIpc) is 3.05. The van der Waals surface area contributed by atoms with Gasteiger partial charge in [-0.1, -0.05) is 60.7 Å². The van der Waals surface area contributed by atoms with E-state index >= 15 is 0 Å². The van der Waals surface area contributed by atoms with Crippen molar-refractivity contribution in [2.45, 2.75) is 6.17 Å². The molecule has 1 heterocycles. The van der Waals surface area contributed by atoms with Crippen molar-refractivity contribution in [1.29, 1.82) is 0 Å². The Morgan fingerprint density at radius 2 is 1.17 bits per heavy atom. The maximum absolute atomic E-state index is 4.63. The van der Waals surface area contributed by atoms with Crippen LogP contribution in [0.15, 0.2) is 84.9 Å². The van der Waals surface area contributed by atoms with Crippen LogP contribution in [0.1, 0.15) is 11.7 Å². The minimum Gasteiger partial charge on any atom is -0.359 e. The SMILES string of the molecule is c1ccc(N[C@H](c2ccccc2)n2nc3ccccc3n2)cc1. The Hall–Kier alpha value is -3.14. The van der Waals surface area contributed by atoms with E-state index < -0.39 is 0 Å². The summed E-state index contributed by atoms with van der Waals surface area (Å²) in [7, 11) is 0. The number of hydrogen-bond donors (Lipinski definition) is 1. The van der Waals surface area contributed by atoms with Crippen LogP contribution in [0.5, 0.6) is 0 Å². The van der Waals surface area contributed by atoms with Gasteiger partial charge in [-0.25, -0.2) is 0 Å². The Labute approximate surface area is 134 Å². The van der Waals surface area contributed by atoms with E-state index in [0.717, 1.165) is 22.3 Å². The second-order valence-electron chi connectivity index (χ2n) is 5.33. The molecule has 1 aromatic heterocycles. The molecular formula is C19H16N4. The average molecular weight is 300 g/mol. The van der Waals surface area contributed by atoms with E-state index in [0.29, 0.717) is 0 Å². The summed E-state index contributed by atoms with van der Waals surface area (Å²) in [5.74, 6) is 0. The topological polar surface area (TPSA) is 42.7 Å². The van der Waals surface area contributed by atoms with E-state index in [1.165, 1.54) is 0 Å². The van der Waals surface area contributed by atoms with Crippen LogP contribution in [0.3, 0.4) is 0 Å². The monoisotopic (exact) mass is 300 g/mol. The molecule has 3 aromatic carbocycles. The van der Waals surface area contributed by atoms with Crippen molar-refractivity contribution in [3.63, 3.8) is 0 Å². The van der Waals surface area contributed by atoms with Gasteiger partial charge in [-0.05, 0) is 29.8 Å². The maximum atomic E-state index is 4.63. The normalized spacial score (nSPS) is 12.2. The van der Waals surface area contributed by atoms with Crippen molar-refractivity contribution in [1.82, 2.24) is 15.0 Å². The molecule has 0 spiro atoms. The van der Waals surface area contributed by atoms with Crippen LogP contribution in [0.2, 0.25) is 0 Å². The van der Waals surface area contributed by atoms with Crippen molar-refractivity contribution in [3.05, 3.63) is 90.5 Å². The minimum atomic E-state index is -0.161. The minimum absolute atomic E-state index is 0.161. The van der Waals surface area contributed by atoms with Gasteiger partial charge in [-0.2, -0.15) is 15.0 Å². The Morgan fingerprint density at radius 1 is 0.652 bits per heavy atom.